The first-order chi connectivity index (χ1) is 16.7. The lowest BCUT2D eigenvalue weighted by molar-refractivity contribution is -0.124. The van der Waals surface area contributed by atoms with Gasteiger partial charge in [0.25, 0.3) is 0 Å². The van der Waals surface area contributed by atoms with E-state index in [1.54, 1.807) is 12.4 Å². The number of likely N-dealkylation sites (tertiary alicyclic amines) is 1. The fourth-order valence-electron chi connectivity index (χ4n) is 4.17. The number of pyridine rings is 2. The molecule has 9 heteroatoms. The number of nitrogens with one attached hydrogen (secondary N) is 2. The summed E-state index contributed by atoms with van der Waals surface area (Å²) in [5, 5.41) is 19.6. The highest BCUT2D eigenvalue weighted by Crippen LogP contribution is 2.26. The van der Waals surface area contributed by atoms with Crippen LogP contribution in [-0.2, 0) is 11.3 Å². The molecule has 0 bridgehead atoms. The summed E-state index contributed by atoms with van der Waals surface area (Å²) in [5.74, 6) is 0.918. The van der Waals surface area contributed by atoms with Crippen LogP contribution in [0.4, 0.5) is 0 Å². The van der Waals surface area contributed by atoms with Crippen LogP contribution in [0, 0.1) is 0 Å². The van der Waals surface area contributed by atoms with Crippen LogP contribution in [0.1, 0.15) is 18.5 Å². The molecule has 1 fully saturated rings. The highest BCUT2D eigenvalue weighted by molar-refractivity contribution is 5.80. The summed E-state index contributed by atoms with van der Waals surface area (Å²) >= 11 is 0. The number of fused-ring (bicyclic) bond motifs is 1. The van der Waals surface area contributed by atoms with Crippen LogP contribution >= 0.6 is 0 Å². The Morgan fingerprint density at radius 2 is 2.03 bits per heavy atom. The van der Waals surface area contributed by atoms with Crippen molar-refractivity contribution in [3.05, 3.63) is 66.6 Å². The van der Waals surface area contributed by atoms with Gasteiger partial charge in [0.15, 0.2) is 0 Å². The minimum Gasteiger partial charge on any atom is -0.439 e. The van der Waals surface area contributed by atoms with Gasteiger partial charge >= 0.3 is 0 Å². The van der Waals surface area contributed by atoms with Gasteiger partial charge < -0.3 is 15.2 Å². The minimum atomic E-state index is -0.456. The summed E-state index contributed by atoms with van der Waals surface area (Å²) in [7, 11) is 0. The van der Waals surface area contributed by atoms with E-state index in [0.29, 0.717) is 11.6 Å². The molecule has 1 aromatic carbocycles. The van der Waals surface area contributed by atoms with Gasteiger partial charge in [-0.3, -0.25) is 19.8 Å². The lowest BCUT2D eigenvalue weighted by Gasteiger charge is -2.32. The number of rotatable bonds is 7. The molecule has 0 radical (unpaired) electrons. The summed E-state index contributed by atoms with van der Waals surface area (Å²) in [6.45, 7) is 2.08. The first-order valence-electron chi connectivity index (χ1n) is 11.3. The van der Waals surface area contributed by atoms with Crippen molar-refractivity contribution in [2.24, 2.45) is 0 Å². The number of H-pyrrole nitrogens is 1. The Morgan fingerprint density at radius 1 is 1.15 bits per heavy atom. The van der Waals surface area contributed by atoms with Crippen LogP contribution in [-0.4, -0.2) is 61.8 Å². The van der Waals surface area contributed by atoms with E-state index in [1.165, 1.54) is 0 Å². The summed E-state index contributed by atoms with van der Waals surface area (Å²) in [6, 6.07) is 15.7. The van der Waals surface area contributed by atoms with Crippen molar-refractivity contribution in [2.75, 3.05) is 19.7 Å². The molecule has 3 aromatic heterocycles. The summed E-state index contributed by atoms with van der Waals surface area (Å²) in [4.78, 5) is 22.9. The molecule has 0 saturated carbocycles. The molecule has 3 N–H and O–H groups in total. The third-order valence-corrected chi connectivity index (χ3v) is 5.97. The minimum absolute atomic E-state index is 0.134. The number of piperidine rings is 1. The van der Waals surface area contributed by atoms with Gasteiger partial charge in [-0.1, -0.05) is 6.07 Å². The number of hydrogen-bond acceptors (Lipinski definition) is 7. The summed E-state index contributed by atoms with van der Waals surface area (Å²) in [6.07, 6.45) is 5.20. The molecule has 1 aliphatic rings. The van der Waals surface area contributed by atoms with E-state index in [4.69, 9.17) is 14.8 Å². The van der Waals surface area contributed by atoms with Crippen molar-refractivity contribution in [3.63, 3.8) is 0 Å². The van der Waals surface area contributed by atoms with Crippen molar-refractivity contribution in [1.82, 2.24) is 30.4 Å². The Labute approximate surface area is 196 Å². The Kier molecular flexibility index (Phi) is 6.46. The second-order valence-electron chi connectivity index (χ2n) is 8.39. The monoisotopic (exact) mass is 458 g/mol. The van der Waals surface area contributed by atoms with E-state index in [9.17, 15) is 4.79 Å². The van der Waals surface area contributed by atoms with Crippen LogP contribution in [0.3, 0.4) is 0 Å². The third-order valence-electron chi connectivity index (χ3n) is 5.97. The number of aliphatic hydroxyl groups excluding tert-OH is 1. The predicted molar refractivity (Wildman–Crippen MR) is 127 cm³/mol. The maximum Gasteiger partial charge on any atom is 0.245 e. The molecule has 1 amide bonds. The van der Waals surface area contributed by atoms with E-state index in [-0.39, 0.29) is 11.9 Å². The van der Waals surface area contributed by atoms with E-state index in [0.717, 1.165) is 60.3 Å². The molecule has 0 unspecified atom stereocenters. The van der Waals surface area contributed by atoms with Gasteiger partial charge in [-0.2, -0.15) is 5.10 Å². The molecule has 34 heavy (non-hydrogen) atoms. The first-order valence-corrected chi connectivity index (χ1v) is 11.3. The van der Waals surface area contributed by atoms with Gasteiger partial charge in [0.05, 0.1) is 16.9 Å². The van der Waals surface area contributed by atoms with Gasteiger partial charge in [0.2, 0.25) is 11.8 Å². The van der Waals surface area contributed by atoms with E-state index >= 15 is 0 Å². The first kappa shape index (κ1) is 22.0. The van der Waals surface area contributed by atoms with Crippen molar-refractivity contribution in [2.45, 2.75) is 25.4 Å². The number of hydrogen-bond donors (Lipinski definition) is 3. The number of benzene rings is 1. The molecule has 0 atom stereocenters. The SMILES string of the molecule is O=C(CO)NC1CCN(Cc2ccc3cc(Oc4ccc(-c5ccn[nH]5)cn4)ccc3n2)CC1. The van der Waals surface area contributed by atoms with E-state index in [1.807, 2.05) is 42.5 Å². The largest absolute Gasteiger partial charge is 0.439 e. The summed E-state index contributed by atoms with van der Waals surface area (Å²) < 4.78 is 5.94. The fourth-order valence-corrected chi connectivity index (χ4v) is 4.17. The highest BCUT2D eigenvalue weighted by atomic mass is 16.5. The Morgan fingerprint density at radius 3 is 2.76 bits per heavy atom. The predicted octanol–water partition coefficient (Wildman–Crippen LogP) is 2.89. The molecule has 4 aromatic rings. The number of ether oxygens (including phenoxy) is 1. The van der Waals surface area contributed by atoms with Gasteiger partial charge in [-0.25, -0.2) is 4.98 Å². The molecule has 4 heterocycles. The van der Waals surface area contributed by atoms with Gasteiger partial charge in [-0.15, -0.1) is 0 Å². The second-order valence-corrected chi connectivity index (χ2v) is 8.39. The maximum atomic E-state index is 11.4. The highest BCUT2D eigenvalue weighted by Gasteiger charge is 2.20. The van der Waals surface area contributed by atoms with Crippen molar-refractivity contribution >= 4 is 16.8 Å². The van der Waals surface area contributed by atoms with Crippen LogP contribution in [0.5, 0.6) is 11.6 Å². The number of aromatic nitrogens is 4. The van der Waals surface area contributed by atoms with Crippen molar-refractivity contribution in [1.29, 1.82) is 0 Å². The maximum absolute atomic E-state index is 11.4. The zero-order valence-corrected chi connectivity index (χ0v) is 18.6. The Balaban J connectivity index is 1.20. The molecule has 1 aliphatic heterocycles. The standard InChI is InChI=1S/C25H26N6O3/c32-16-24(33)29-19-8-11-31(12-9-19)15-20-3-1-17-13-21(4-5-22(17)28-20)34-25-6-2-18(14-26-25)23-7-10-27-30-23/h1-7,10,13-14,19,32H,8-9,11-12,15-16H2,(H,27,30)(H,29,33). The normalized spacial score (nSPS) is 14.9. The molecule has 9 nitrogen and oxygen atoms in total. The topological polar surface area (TPSA) is 116 Å². The smallest absolute Gasteiger partial charge is 0.245 e. The van der Waals surface area contributed by atoms with E-state index < -0.39 is 6.61 Å². The van der Waals surface area contributed by atoms with Crippen LogP contribution in [0.15, 0.2) is 60.9 Å². The number of amides is 1. The van der Waals surface area contributed by atoms with Gasteiger partial charge in [0.1, 0.15) is 12.4 Å². The Hall–Kier alpha value is -3.82. The second kappa shape index (κ2) is 9.98. The van der Waals surface area contributed by atoms with Crippen LogP contribution in [0.2, 0.25) is 0 Å². The number of carbonyl (C=O) groups excluding carboxylic acids is 1. The van der Waals surface area contributed by atoms with E-state index in [2.05, 4.69) is 31.5 Å². The lowest BCUT2D eigenvalue weighted by Crippen LogP contribution is -2.45. The number of aromatic amines is 1. The lowest BCUT2D eigenvalue weighted by atomic mass is 10.0. The van der Waals surface area contributed by atoms with Crippen molar-refractivity contribution in [3.8, 4) is 22.9 Å². The average molecular weight is 459 g/mol. The summed E-state index contributed by atoms with van der Waals surface area (Å²) in [5.41, 5.74) is 3.77. The van der Waals surface area contributed by atoms with Crippen LogP contribution < -0.4 is 10.1 Å². The molecule has 174 valence electrons. The quantitative estimate of drug-likeness (QED) is 0.390. The molecule has 5 rings (SSSR count). The number of carbonyl (C=O) groups is 1. The van der Waals surface area contributed by atoms with Gasteiger partial charge in [-0.05, 0) is 49.2 Å². The molecule has 0 spiro atoms. The zero-order chi connectivity index (χ0) is 23.3. The van der Waals surface area contributed by atoms with Gasteiger partial charge in [0, 0.05) is 55.1 Å². The fraction of sp³-hybridized carbons (Fsp3) is 0.280. The third kappa shape index (κ3) is 5.22. The molecule has 0 aliphatic carbocycles. The number of nitrogens with zero attached hydrogens (tertiary/aromatic N) is 4. The zero-order valence-electron chi connectivity index (χ0n) is 18.6. The van der Waals surface area contributed by atoms with Crippen LogP contribution in [0.25, 0.3) is 22.2 Å². The molecule has 1 saturated heterocycles. The average Bonchev–Trinajstić information content (AvgIpc) is 3.41. The van der Waals surface area contributed by atoms with Crippen molar-refractivity contribution < 1.29 is 14.6 Å². The molecular weight excluding hydrogens is 432 g/mol. The number of aliphatic hydroxyl groups is 1. The Bertz CT molecular complexity index is 1250. The molecular formula is C25H26N6O3.